The minimum absolute atomic E-state index is 0.0260. The maximum Gasteiger partial charge on any atom is 0.412 e. The molecule has 0 aromatic rings. The number of rotatable bonds is 8. The van der Waals surface area contributed by atoms with E-state index in [1.807, 2.05) is 27.7 Å². The van der Waals surface area contributed by atoms with Crippen LogP contribution in [0.3, 0.4) is 0 Å². The Hall–Kier alpha value is -1.34. The summed E-state index contributed by atoms with van der Waals surface area (Å²) in [5.41, 5.74) is -0.666. The predicted octanol–water partition coefficient (Wildman–Crippen LogP) is 5.69. The summed E-state index contributed by atoms with van der Waals surface area (Å²) in [6.45, 7) is 11.8. The Morgan fingerprint density at radius 3 is 2.36 bits per heavy atom. The zero-order valence-corrected chi connectivity index (χ0v) is 21.9. The molecule has 7 heteroatoms. The van der Waals surface area contributed by atoms with Gasteiger partial charge in [0.05, 0.1) is 12.2 Å². The molecule has 1 amide bonds. The number of esters is 1. The van der Waals surface area contributed by atoms with Crippen molar-refractivity contribution >= 4 is 12.1 Å². The van der Waals surface area contributed by atoms with Gasteiger partial charge in [0.2, 0.25) is 0 Å². The Bertz CT molecular complexity index is 610. The second-order valence-electron chi connectivity index (χ2n) is 11.2. The Labute approximate surface area is 200 Å². The van der Waals surface area contributed by atoms with E-state index in [4.69, 9.17) is 18.9 Å². The number of hydrogen-bond acceptors (Lipinski definition) is 6. The summed E-state index contributed by atoms with van der Waals surface area (Å²) in [7, 11) is 1.51. The van der Waals surface area contributed by atoms with E-state index >= 15 is 0 Å². The molecule has 2 rings (SSSR count). The van der Waals surface area contributed by atoms with Gasteiger partial charge in [0.15, 0.2) is 0 Å². The van der Waals surface area contributed by atoms with E-state index < -0.39 is 23.7 Å². The summed E-state index contributed by atoms with van der Waals surface area (Å²) in [5.74, 6) is 0.529. The third-order valence-electron chi connectivity index (χ3n) is 6.59. The highest BCUT2D eigenvalue weighted by Crippen LogP contribution is 2.33. The normalized spacial score (nSPS) is 27.6. The quantitative estimate of drug-likeness (QED) is 0.336. The van der Waals surface area contributed by atoms with E-state index in [9.17, 15) is 9.59 Å². The minimum Gasteiger partial charge on any atom is -0.458 e. The third kappa shape index (κ3) is 9.08. The van der Waals surface area contributed by atoms with Crippen LogP contribution in [0.1, 0.15) is 99.3 Å². The molecule has 33 heavy (non-hydrogen) atoms. The molecule has 0 aromatic carbocycles. The van der Waals surface area contributed by atoms with Crippen molar-refractivity contribution in [2.24, 2.45) is 11.8 Å². The first-order valence-electron chi connectivity index (χ1n) is 12.9. The SMILES string of the molecule is COCN(C(=O)OC(C)(C)C)C1CCCC(CCC(C)C)C(OC2CCCC2)C(C)OC1=O. The van der Waals surface area contributed by atoms with Gasteiger partial charge in [-0.1, -0.05) is 39.5 Å². The van der Waals surface area contributed by atoms with E-state index in [0.717, 1.165) is 38.5 Å². The van der Waals surface area contributed by atoms with Gasteiger partial charge in [-0.25, -0.2) is 9.59 Å². The van der Waals surface area contributed by atoms with Crippen LogP contribution >= 0.6 is 0 Å². The zero-order chi connectivity index (χ0) is 24.6. The van der Waals surface area contributed by atoms with E-state index in [0.29, 0.717) is 18.3 Å². The van der Waals surface area contributed by atoms with Gasteiger partial charge in [-0.05, 0) is 71.6 Å². The number of carbonyl (C=O) groups excluding carboxylic acids is 2. The number of cyclic esters (lactones) is 1. The fourth-order valence-corrected chi connectivity index (χ4v) is 4.90. The van der Waals surface area contributed by atoms with Gasteiger partial charge in [-0.3, -0.25) is 4.90 Å². The lowest BCUT2D eigenvalue weighted by Gasteiger charge is -2.34. The van der Waals surface area contributed by atoms with Crippen LogP contribution < -0.4 is 0 Å². The van der Waals surface area contributed by atoms with Crippen LogP contribution in [0.5, 0.6) is 0 Å². The first-order chi connectivity index (χ1) is 15.5. The second kappa shape index (κ2) is 12.9. The summed E-state index contributed by atoms with van der Waals surface area (Å²) in [5, 5.41) is 0. The molecule has 7 nitrogen and oxygen atoms in total. The Balaban J connectivity index is 2.22. The maximum absolute atomic E-state index is 13.3. The van der Waals surface area contributed by atoms with E-state index in [-0.39, 0.29) is 25.0 Å². The first kappa shape index (κ1) is 27.9. The standard InChI is InChI=1S/C26H47NO6/c1-18(2)15-16-20-11-10-14-22(27(17-30-7)25(29)33-26(4,5)6)24(28)31-19(3)23(20)32-21-12-8-9-13-21/h18-23H,8-17H2,1-7H3. The van der Waals surface area contributed by atoms with Crippen molar-refractivity contribution in [3.05, 3.63) is 0 Å². The lowest BCUT2D eigenvalue weighted by molar-refractivity contribution is -0.170. The smallest absolute Gasteiger partial charge is 0.412 e. The highest BCUT2D eigenvalue weighted by molar-refractivity contribution is 5.81. The van der Waals surface area contributed by atoms with Crippen LogP contribution in [0.25, 0.3) is 0 Å². The molecule has 2 aliphatic rings. The average molecular weight is 470 g/mol. The van der Waals surface area contributed by atoms with Crippen LogP contribution in [-0.4, -0.2) is 60.8 Å². The van der Waals surface area contributed by atoms with Gasteiger partial charge < -0.3 is 18.9 Å². The number of methoxy groups -OCH3 is 1. The highest BCUT2D eigenvalue weighted by Gasteiger charge is 2.40. The molecule has 1 heterocycles. The molecular formula is C26H47NO6. The largest absolute Gasteiger partial charge is 0.458 e. The molecule has 1 saturated carbocycles. The monoisotopic (exact) mass is 469 g/mol. The number of carbonyl (C=O) groups is 2. The summed E-state index contributed by atoms with van der Waals surface area (Å²) in [6.07, 6.45) is 8.19. The lowest BCUT2D eigenvalue weighted by atomic mass is 9.86. The molecule has 0 aromatic heterocycles. The third-order valence-corrected chi connectivity index (χ3v) is 6.59. The van der Waals surface area contributed by atoms with E-state index in [1.54, 1.807) is 0 Å². The van der Waals surface area contributed by atoms with Crippen molar-refractivity contribution in [2.75, 3.05) is 13.8 Å². The minimum atomic E-state index is -0.738. The fraction of sp³-hybridized carbons (Fsp3) is 0.923. The first-order valence-corrected chi connectivity index (χ1v) is 12.9. The molecule has 1 saturated heterocycles. The van der Waals surface area contributed by atoms with Crippen molar-refractivity contribution in [1.82, 2.24) is 4.90 Å². The molecular weight excluding hydrogens is 422 g/mol. The zero-order valence-electron chi connectivity index (χ0n) is 21.9. The van der Waals surface area contributed by atoms with Gasteiger partial charge in [0.25, 0.3) is 0 Å². The fourth-order valence-electron chi connectivity index (χ4n) is 4.90. The number of amides is 1. The van der Waals surface area contributed by atoms with E-state index in [1.165, 1.54) is 24.9 Å². The molecule has 1 aliphatic heterocycles. The van der Waals surface area contributed by atoms with Crippen LogP contribution in [0.2, 0.25) is 0 Å². The van der Waals surface area contributed by atoms with Crippen LogP contribution in [-0.2, 0) is 23.7 Å². The summed E-state index contributed by atoms with van der Waals surface area (Å²) in [6, 6.07) is -0.738. The topological polar surface area (TPSA) is 74.3 Å². The summed E-state index contributed by atoms with van der Waals surface area (Å²) in [4.78, 5) is 27.5. The Morgan fingerprint density at radius 1 is 1.12 bits per heavy atom. The van der Waals surface area contributed by atoms with Gasteiger partial charge in [-0.15, -0.1) is 0 Å². The van der Waals surface area contributed by atoms with Crippen molar-refractivity contribution < 1.29 is 28.5 Å². The van der Waals surface area contributed by atoms with Crippen molar-refractivity contribution in [3.8, 4) is 0 Å². The average Bonchev–Trinajstić information content (AvgIpc) is 3.22. The number of ether oxygens (including phenoxy) is 4. The highest BCUT2D eigenvalue weighted by atomic mass is 16.6. The number of hydrogen-bond donors (Lipinski definition) is 0. The molecule has 192 valence electrons. The van der Waals surface area contributed by atoms with E-state index in [2.05, 4.69) is 13.8 Å². The maximum atomic E-state index is 13.3. The van der Waals surface area contributed by atoms with Crippen molar-refractivity contribution in [1.29, 1.82) is 0 Å². The molecule has 4 unspecified atom stereocenters. The summed E-state index contributed by atoms with van der Waals surface area (Å²) >= 11 is 0. The summed E-state index contributed by atoms with van der Waals surface area (Å²) < 4.78 is 23.4. The molecule has 2 fully saturated rings. The van der Waals surface area contributed by atoms with Gasteiger partial charge in [-0.2, -0.15) is 0 Å². The predicted molar refractivity (Wildman–Crippen MR) is 128 cm³/mol. The molecule has 1 aliphatic carbocycles. The van der Waals surface area contributed by atoms with Gasteiger partial charge in [0.1, 0.15) is 24.5 Å². The lowest BCUT2D eigenvalue weighted by Crippen LogP contribution is -2.49. The van der Waals surface area contributed by atoms with Crippen LogP contribution in [0, 0.1) is 11.8 Å². The van der Waals surface area contributed by atoms with Crippen LogP contribution in [0.4, 0.5) is 4.79 Å². The Kier molecular flexibility index (Phi) is 10.9. The van der Waals surface area contributed by atoms with Gasteiger partial charge >= 0.3 is 12.1 Å². The molecule has 4 atom stereocenters. The second-order valence-corrected chi connectivity index (χ2v) is 11.2. The van der Waals surface area contributed by atoms with Gasteiger partial charge in [0, 0.05) is 7.11 Å². The Morgan fingerprint density at radius 2 is 1.79 bits per heavy atom. The molecule has 0 N–H and O–H groups in total. The van der Waals surface area contributed by atoms with Crippen molar-refractivity contribution in [2.45, 2.75) is 129 Å². The van der Waals surface area contributed by atoms with Crippen LogP contribution in [0.15, 0.2) is 0 Å². The molecule has 0 bridgehead atoms. The molecule has 0 radical (unpaired) electrons. The number of nitrogens with zero attached hydrogens (tertiary/aromatic N) is 1. The van der Waals surface area contributed by atoms with Crippen molar-refractivity contribution in [3.63, 3.8) is 0 Å². The molecule has 0 spiro atoms.